The molecule has 1 aromatic heterocycles. The molecule has 1 atom stereocenters. The minimum absolute atomic E-state index is 0.0243. The van der Waals surface area contributed by atoms with Crippen molar-refractivity contribution >= 4 is 5.82 Å². The lowest BCUT2D eigenvalue weighted by molar-refractivity contribution is 0.823. The van der Waals surface area contributed by atoms with Gasteiger partial charge in [-0.1, -0.05) is 0 Å². The summed E-state index contributed by atoms with van der Waals surface area (Å²) in [4.78, 5) is 2.85. The van der Waals surface area contributed by atoms with Crippen LogP contribution in [-0.2, 0) is 0 Å². The highest BCUT2D eigenvalue weighted by atomic mass is 14.8. The molecule has 0 radical (unpaired) electrons. The predicted molar refractivity (Wildman–Crippen MR) is 37.8 cm³/mol. The van der Waals surface area contributed by atoms with E-state index in [4.69, 9.17) is 11.5 Å². The van der Waals surface area contributed by atoms with Crippen molar-refractivity contribution < 1.29 is 0 Å². The maximum atomic E-state index is 5.56. The van der Waals surface area contributed by atoms with Gasteiger partial charge in [0.1, 0.15) is 5.82 Å². The molecule has 3 heteroatoms. The smallest absolute Gasteiger partial charge is 0.105 e. The van der Waals surface area contributed by atoms with Gasteiger partial charge in [0.2, 0.25) is 0 Å². The first-order valence-electron chi connectivity index (χ1n) is 2.90. The van der Waals surface area contributed by atoms with Crippen LogP contribution in [0.5, 0.6) is 0 Å². The molecular formula is C6H11N3. The summed E-state index contributed by atoms with van der Waals surface area (Å²) in [5.41, 5.74) is 12.0. The lowest BCUT2D eigenvalue weighted by Crippen LogP contribution is -2.06. The van der Waals surface area contributed by atoms with Gasteiger partial charge in [-0.15, -0.1) is 0 Å². The van der Waals surface area contributed by atoms with Crippen LogP contribution in [0.4, 0.5) is 5.82 Å². The maximum absolute atomic E-state index is 5.56. The van der Waals surface area contributed by atoms with E-state index < -0.39 is 0 Å². The second-order valence-corrected chi connectivity index (χ2v) is 2.14. The van der Waals surface area contributed by atoms with Crippen LogP contribution in [0.15, 0.2) is 12.3 Å². The summed E-state index contributed by atoms with van der Waals surface area (Å²) >= 11 is 0. The first-order valence-corrected chi connectivity index (χ1v) is 2.90. The molecule has 1 rings (SSSR count). The molecule has 0 bridgehead atoms. The van der Waals surface area contributed by atoms with Crippen molar-refractivity contribution in [3.05, 3.63) is 17.8 Å². The summed E-state index contributed by atoms with van der Waals surface area (Å²) in [6.45, 7) is 1.90. The van der Waals surface area contributed by atoms with Crippen LogP contribution in [0.3, 0.4) is 0 Å². The minimum atomic E-state index is 0.0243. The zero-order valence-electron chi connectivity index (χ0n) is 5.39. The van der Waals surface area contributed by atoms with Crippen molar-refractivity contribution in [2.45, 2.75) is 13.0 Å². The van der Waals surface area contributed by atoms with Gasteiger partial charge in [0.15, 0.2) is 0 Å². The van der Waals surface area contributed by atoms with Gasteiger partial charge < -0.3 is 16.5 Å². The van der Waals surface area contributed by atoms with Crippen LogP contribution in [0.1, 0.15) is 18.5 Å². The second kappa shape index (κ2) is 2.11. The van der Waals surface area contributed by atoms with Crippen molar-refractivity contribution in [2.24, 2.45) is 5.73 Å². The Morgan fingerprint density at radius 1 is 1.67 bits per heavy atom. The average Bonchev–Trinajstić information content (AvgIpc) is 2.13. The largest absolute Gasteiger partial charge is 0.385 e. The number of aromatic nitrogens is 1. The molecule has 9 heavy (non-hydrogen) atoms. The third-order valence-corrected chi connectivity index (χ3v) is 1.30. The van der Waals surface area contributed by atoms with E-state index in [2.05, 4.69) is 4.98 Å². The number of anilines is 1. The van der Waals surface area contributed by atoms with E-state index in [-0.39, 0.29) is 6.04 Å². The van der Waals surface area contributed by atoms with Gasteiger partial charge in [-0.2, -0.15) is 0 Å². The summed E-state index contributed by atoms with van der Waals surface area (Å²) in [7, 11) is 0. The number of H-pyrrole nitrogens is 1. The van der Waals surface area contributed by atoms with E-state index in [0.717, 1.165) is 5.56 Å². The lowest BCUT2D eigenvalue weighted by Gasteiger charge is -2.01. The van der Waals surface area contributed by atoms with Crippen molar-refractivity contribution in [2.75, 3.05) is 5.73 Å². The SMILES string of the molecule is C[C@H](N)c1cc[nH]c1N. The molecule has 5 N–H and O–H groups in total. The van der Waals surface area contributed by atoms with Gasteiger partial charge in [0.05, 0.1) is 0 Å². The van der Waals surface area contributed by atoms with E-state index in [1.807, 2.05) is 13.0 Å². The van der Waals surface area contributed by atoms with Gasteiger partial charge in [-0.3, -0.25) is 0 Å². The Labute approximate surface area is 54.1 Å². The van der Waals surface area contributed by atoms with Crippen LogP contribution < -0.4 is 11.5 Å². The van der Waals surface area contributed by atoms with E-state index in [1.54, 1.807) is 6.20 Å². The number of nitrogen functional groups attached to an aromatic ring is 1. The third-order valence-electron chi connectivity index (χ3n) is 1.30. The molecule has 1 heterocycles. The Kier molecular flexibility index (Phi) is 1.44. The Balaban J connectivity index is 2.94. The van der Waals surface area contributed by atoms with Crippen LogP contribution in [0.25, 0.3) is 0 Å². The fourth-order valence-corrected chi connectivity index (χ4v) is 0.791. The Morgan fingerprint density at radius 2 is 2.33 bits per heavy atom. The van der Waals surface area contributed by atoms with Gasteiger partial charge in [0, 0.05) is 17.8 Å². The molecule has 1 aromatic rings. The molecule has 3 nitrogen and oxygen atoms in total. The maximum Gasteiger partial charge on any atom is 0.105 e. The molecule has 0 fully saturated rings. The first kappa shape index (κ1) is 6.16. The number of rotatable bonds is 1. The third kappa shape index (κ3) is 1.05. The predicted octanol–water partition coefficient (Wildman–Crippen LogP) is 0.617. The van der Waals surface area contributed by atoms with Crippen molar-refractivity contribution in [1.29, 1.82) is 0 Å². The number of nitrogens with one attached hydrogen (secondary N) is 1. The van der Waals surface area contributed by atoms with E-state index in [1.165, 1.54) is 0 Å². The average molecular weight is 125 g/mol. The van der Waals surface area contributed by atoms with Gasteiger partial charge >= 0.3 is 0 Å². The second-order valence-electron chi connectivity index (χ2n) is 2.14. The fraction of sp³-hybridized carbons (Fsp3) is 0.333. The molecule has 0 unspecified atom stereocenters. The molecule has 0 saturated carbocycles. The van der Waals surface area contributed by atoms with E-state index in [9.17, 15) is 0 Å². The highest BCUT2D eigenvalue weighted by Gasteiger charge is 2.02. The highest BCUT2D eigenvalue weighted by Crippen LogP contribution is 2.14. The quantitative estimate of drug-likeness (QED) is 0.515. The van der Waals surface area contributed by atoms with Crippen molar-refractivity contribution in [3.63, 3.8) is 0 Å². The van der Waals surface area contributed by atoms with Crippen molar-refractivity contribution in [3.8, 4) is 0 Å². The molecule has 0 aliphatic rings. The lowest BCUT2D eigenvalue weighted by atomic mass is 10.2. The molecule has 0 spiro atoms. The zero-order valence-corrected chi connectivity index (χ0v) is 5.39. The van der Waals surface area contributed by atoms with E-state index >= 15 is 0 Å². The van der Waals surface area contributed by atoms with Gasteiger partial charge in [-0.05, 0) is 13.0 Å². The van der Waals surface area contributed by atoms with Gasteiger partial charge in [0.25, 0.3) is 0 Å². The number of aromatic amines is 1. The topological polar surface area (TPSA) is 67.8 Å². The van der Waals surface area contributed by atoms with Crippen LogP contribution >= 0.6 is 0 Å². The molecule has 0 amide bonds. The highest BCUT2D eigenvalue weighted by molar-refractivity contribution is 5.41. The Bertz CT molecular complexity index is 190. The summed E-state index contributed by atoms with van der Waals surface area (Å²) in [6, 6.07) is 1.91. The standard InChI is InChI=1S/C6H11N3/c1-4(7)5-2-3-9-6(5)8/h2-4,9H,7-8H2,1H3/t4-/m0/s1. The van der Waals surface area contributed by atoms with Gasteiger partial charge in [-0.25, -0.2) is 0 Å². The van der Waals surface area contributed by atoms with Crippen LogP contribution in [0.2, 0.25) is 0 Å². The number of nitrogens with two attached hydrogens (primary N) is 2. The molecule has 0 aromatic carbocycles. The summed E-state index contributed by atoms with van der Waals surface area (Å²) in [6.07, 6.45) is 1.79. The normalized spacial score (nSPS) is 13.6. The summed E-state index contributed by atoms with van der Waals surface area (Å²) < 4.78 is 0. The summed E-state index contributed by atoms with van der Waals surface area (Å²) in [5.74, 6) is 0.671. The fourth-order valence-electron chi connectivity index (χ4n) is 0.791. The zero-order chi connectivity index (χ0) is 6.85. The molecular weight excluding hydrogens is 114 g/mol. The number of hydrogen-bond acceptors (Lipinski definition) is 2. The van der Waals surface area contributed by atoms with Crippen molar-refractivity contribution in [1.82, 2.24) is 4.98 Å². The molecule has 50 valence electrons. The molecule has 0 saturated heterocycles. The molecule has 0 aliphatic heterocycles. The van der Waals surface area contributed by atoms with Crippen LogP contribution in [-0.4, -0.2) is 4.98 Å². The molecule has 0 aliphatic carbocycles. The van der Waals surface area contributed by atoms with E-state index in [0.29, 0.717) is 5.82 Å². The minimum Gasteiger partial charge on any atom is -0.385 e. The monoisotopic (exact) mass is 125 g/mol. The van der Waals surface area contributed by atoms with Crippen LogP contribution in [0, 0.1) is 0 Å². The number of hydrogen-bond donors (Lipinski definition) is 3. The first-order chi connectivity index (χ1) is 4.22. The Hall–Kier alpha value is -0.960. The Morgan fingerprint density at radius 3 is 2.56 bits per heavy atom. The summed E-state index contributed by atoms with van der Waals surface area (Å²) in [5, 5.41) is 0.